The first-order valence-electron chi connectivity index (χ1n) is 12.3. The molecule has 0 aliphatic rings. The van der Waals surface area contributed by atoms with Crippen LogP contribution in [0.15, 0.2) is 77.7 Å². The fourth-order valence-corrected chi connectivity index (χ4v) is 5.31. The molecule has 0 bridgehead atoms. The number of carbonyl (C=O) groups excluding carboxylic acids is 2. The number of sulfonamides is 1. The Hall–Kier alpha value is -4.12. The molecular formula is C28H32FN3O6S. The Morgan fingerprint density at radius 3 is 2.26 bits per heavy atom. The van der Waals surface area contributed by atoms with Gasteiger partial charge in [0.25, 0.3) is 10.0 Å². The second kappa shape index (κ2) is 13.1. The van der Waals surface area contributed by atoms with Gasteiger partial charge in [0.05, 0.1) is 24.3 Å². The highest BCUT2D eigenvalue weighted by Gasteiger charge is 2.32. The maximum Gasteiger partial charge on any atom is 0.264 e. The van der Waals surface area contributed by atoms with E-state index in [2.05, 4.69) is 5.32 Å². The van der Waals surface area contributed by atoms with Crippen LogP contribution in [0.3, 0.4) is 0 Å². The summed E-state index contributed by atoms with van der Waals surface area (Å²) in [5.41, 5.74) is 0.772. The van der Waals surface area contributed by atoms with E-state index in [1.54, 1.807) is 31.2 Å². The molecule has 0 aromatic heterocycles. The van der Waals surface area contributed by atoms with Gasteiger partial charge in [0.2, 0.25) is 11.8 Å². The van der Waals surface area contributed by atoms with Crippen molar-refractivity contribution < 1.29 is 31.9 Å². The molecule has 0 aliphatic heterocycles. The van der Waals surface area contributed by atoms with Gasteiger partial charge in [-0.2, -0.15) is 0 Å². The summed E-state index contributed by atoms with van der Waals surface area (Å²) in [4.78, 5) is 27.5. The van der Waals surface area contributed by atoms with Crippen LogP contribution in [0.5, 0.6) is 11.5 Å². The van der Waals surface area contributed by atoms with Gasteiger partial charge >= 0.3 is 0 Å². The molecule has 2 amide bonds. The van der Waals surface area contributed by atoms with Crippen LogP contribution in [0.25, 0.3) is 0 Å². The number of carbonyl (C=O) groups is 2. The van der Waals surface area contributed by atoms with E-state index in [1.807, 2.05) is 6.92 Å². The van der Waals surface area contributed by atoms with E-state index in [9.17, 15) is 22.4 Å². The van der Waals surface area contributed by atoms with E-state index in [-0.39, 0.29) is 17.1 Å². The molecule has 39 heavy (non-hydrogen) atoms. The highest BCUT2D eigenvalue weighted by molar-refractivity contribution is 7.92. The van der Waals surface area contributed by atoms with Crippen LogP contribution in [0.1, 0.15) is 19.4 Å². The van der Waals surface area contributed by atoms with Gasteiger partial charge in [-0.1, -0.05) is 12.1 Å². The summed E-state index contributed by atoms with van der Waals surface area (Å²) in [6, 6.07) is 16.7. The van der Waals surface area contributed by atoms with Crippen molar-refractivity contribution >= 4 is 27.5 Å². The fraction of sp³-hybridized carbons (Fsp3) is 0.286. The van der Waals surface area contributed by atoms with Gasteiger partial charge < -0.3 is 19.7 Å². The summed E-state index contributed by atoms with van der Waals surface area (Å²) in [6.45, 7) is 3.16. The number of benzene rings is 3. The zero-order valence-electron chi connectivity index (χ0n) is 22.3. The number of nitrogens with zero attached hydrogens (tertiary/aromatic N) is 2. The van der Waals surface area contributed by atoms with E-state index < -0.39 is 40.2 Å². The Bertz CT molecular complexity index is 1380. The number of nitrogens with one attached hydrogen (secondary N) is 1. The number of rotatable bonds is 12. The summed E-state index contributed by atoms with van der Waals surface area (Å²) < 4.78 is 52.8. The van der Waals surface area contributed by atoms with E-state index in [1.165, 1.54) is 55.5 Å². The first kappa shape index (κ1) is 29.4. The number of likely N-dealkylation sites (N-methyl/N-ethyl adjacent to an activating group) is 1. The van der Waals surface area contributed by atoms with Crippen molar-refractivity contribution in [1.29, 1.82) is 0 Å². The minimum Gasteiger partial charge on any atom is -0.497 e. The molecule has 1 unspecified atom stereocenters. The SMILES string of the molecule is CCOc1ccc(S(=O)(=O)N(CC(=O)N(Cc2cccc(OC)c2)C(C)C(=O)NC)c2ccc(F)cc2)cc1. The molecule has 0 aliphatic carbocycles. The van der Waals surface area contributed by atoms with Crippen LogP contribution < -0.4 is 19.1 Å². The quantitative estimate of drug-likeness (QED) is 0.365. The van der Waals surface area contributed by atoms with Gasteiger partial charge in [0, 0.05) is 13.6 Å². The van der Waals surface area contributed by atoms with Gasteiger partial charge in [-0.3, -0.25) is 13.9 Å². The number of ether oxygens (including phenoxy) is 2. The second-order valence-electron chi connectivity index (χ2n) is 8.56. The minimum atomic E-state index is -4.28. The lowest BCUT2D eigenvalue weighted by molar-refractivity contribution is -0.139. The molecule has 3 rings (SSSR count). The number of methoxy groups -OCH3 is 1. The average molecular weight is 558 g/mol. The molecule has 0 saturated heterocycles. The summed E-state index contributed by atoms with van der Waals surface area (Å²) in [7, 11) is -1.31. The first-order valence-corrected chi connectivity index (χ1v) is 13.7. The van der Waals surface area contributed by atoms with Crippen LogP contribution >= 0.6 is 0 Å². The van der Waals surface area contributed by atoms with E-state index in [4.69, 9.17) is 9.47 Å². The smallest absolute Gasteiger partial charge is 0.264 e. The van der Waals surface area contributed by atoms with Gasteiger partial charge in [-0.25, -0.2) is 12.8 Å². The van der Waals surface area contributed by atoms with E-state index in [0.29, 0.717) is 23.7 Å². The van der Waals surface area contributed by atoms with Gasteiger partial charge in [0.15, 0.2) is 0 Å². The Morgan fingerprint density at radius 1 is 1.00 bits per heavy atom. The fourth-order valence-electron chi connectivity index (χ4n) is 3.90. The molecule has 0 radical (unpaired) electrons. The maximum absolute atomic E-state index is 13.8. The molecule has 9 nitrogen and oxygen atoms in total. The molecule has 1 atom stereocenters. The standard InChI is InChI=1S/C28H32FN3O6S/c1-5-38-24-13-15-26(16-14-24)39(35,36)32(23-11-9-22(29)10-12-23)19-27(33)31(20(2)28(34)30-3)18-21-7-6-8-25(17-21)37-4/h6-17,20H,5,18-19H2,1-4H3,(H,30,34). The van der Waals surface area contributed by atoms with E-state index >= 15 is 0 Å². The summed E-state index contributed by atoms with van der Waals surface area (Å²) in [5, 5.41) is 2.53. The Kier molecular flexibility index (Phi) is 9.89. The third-order valence-electron chi connectivity index (χ3n) is 6.02. The summed E-state index contributed by atoms with van der Waals surface area (Å²) in [6.07, 6.45) is 0. The number of hydrogen-bond donors (Lipinski definition) is 1. The van der Waals surface area contributed by atoms with Gasteiger partial charge in [-0.05, 0) is 80.1 Å². The number of hydrogen-bond acceptors (Lipinski definition) is 6. The third-order valence-corrected chi connectivity index (χ3v) is 7.81. The second-order valence-corrected chi connectivity index (χ2v) is 10.4. The van der Waals surface area contributed by atoms with E-state index in [0.717, 1.165) is 16.4 Å². The van der Waals surface area contributed by atoms with Crippen molar-refractivity contribution in [2.75, 3.05) is 31.6 Å². The lowest BCUT2D eigenvalue weighted by Crippen LogP contribution is -2.50. The number of anilines is 1. The number of halogens is 1. The zero-order chi connectivity index (χ0) is 28.6. The lowest BCUT2D eigenvalue weighted by atomic mass is 10.1. The van der Waals surface area contributed by atoms with Crippen molar-refractivity contribution in [2.45, 2.75) is 31.3 Å². The Morgan fingerprint density at radius 2 is 1.67 bits per heavy atom. The Labute approximate surface area is 228 Å². The summed E-state index contributed by atoms with van der Waals surface area (Å²) >= 11 is 0. The molecule has 0 heterocycles. The van der Waals surface area contributed by atoms with Gasteiger partial charge in [0.1, 0.15) is 29.9 Å². The normalized spacial score (nSPS) is 11.8. The maximum atomic E-state index is 13.8. The molecule has 3 aromatic rings. The van der Waals surface area contributed by atoms with Crippen LogP contribution in [0.2, 0.25) is 0 Å². The largest absolute Gasteiger partial charge is 0.497 e. The monoisotopic (exact) mass is 557 g/mol. The lowest BCUT2D eigenvalue weighted by Gasteiger charge is -2.31. The Balaban J connectivity index is 2.01. The van der Waals surface area contributed by atoms with Crippen molar-refractivity contribution in [3.63, 3.8) is 0 Å². The highest BCUT2D eigenvalue weighted by atomic mass is 32.2. The van der Waals surface area contributed by atoms with Crippen LogP contribution in [-0.2, 0) is 26.2 Å². The molecule has 3 aromatic carbocycles. The average Bonchev–Trinajstić information content (AvgIpc) is 2.94. The predicted molar refractivity (Wildman–Crippen MR) is 146 cm³/mol. The molecule has 0 saturated carbocycles. The van der Waals surface area contributed by atoms with Crippen molar-refractivity contribution in [3.05, 3.63) is 84.2 Å². The van der Waals surface area contributed by atoms with Crippen molar-refractivity contribution in [1.82, 2.24) is 10.2 Å². The molecule has 11 heteroatoms. The molecular weight excluding hydrogens is 525 g/mol. The predicted octanol–water partition coefficient (Wildman–Crippen LogP) is 3.59. The zero-order valence-corrected chi connectivity index (χ0v) is 23.1. The molecule has 0 spiro atoms. The van der Waals surface area contributed by atoms with Crippen LogP contribution in [0, 0.1) is 5.82 Å². The van der Waals surface area contributed by atoms with Crippen molar-refractivity contribution in [3.8, 4) is 11.5 Å². The topological polar surface area (TPSA) is 105 Å². The van der Waals surface area contributed by atoms with Crippen molar-refractivity contribution in [2.24, 2.45) is 0 Å². The highest BCUT2D eigenvalue weighted by Crippen LogP contribution is 2.26. The summed E-state index contributed by atoms with van der Waals surface area (Å²) in [5.74, 6) is -0.554. The van der Waals surface area contributed by atoms with Crippen LogP contribution in [0.4, 0.5) is 10.1 Å². The van der Waals surface area contributed by atoms with Crippen LogP contribution in [-0.4, -0.2) is 58.5 Å². The van der Waals surface area contributed by atoms with Gasteiger partial charge in [-0.15, -0.1) is 0 Å². The minimum absolute atomic E-state index is 0.0188. The molecule has 208 valence electrons. The number of amides is 2. The first-order chi connectivity index (χ1) is 18.6. The molecule has 0 fully saturated rings. The third kappa shape index (κ3) is 7.26. The molecule has 1 N–H and O–H groups in total.